The molecule has 0 atom stereocenters. The van der Waals surface area contributed by atoms with Gasteiger partial charge in [0.05, 0.1) is 16.8 Å². The summed E-state index contributed by atoms with van der Waals surface area (Å²) in [5, 5.41) is 6.73. The molecule has 0 spiro atoms. The lowest BCUT2D eigenvalue weighted by Crippen LogP contribution is -2.11. The molecule has 4 rings (SSSR count). The molecule has 0 aliphatic carbocycles. The molecular weight excluding hydrogens is 382 g/mol. The minimum atomic E-state index is -0.346. The van der Waals surface area contributed by atoms with E-state index in [0.29, 0.717) is 11.3 Å². The van der Waals surface area contributed by atoms with Crippen molar-refractivity contribution < 1.29 is 9.53 Å². The van der Waals surface area contributed by atoms with Gasteiger partial charge < -0.3 is 10.1 Å². The number of thiazole rings is 1. The average molecular weight is 404 g/mol. The molecule has 1 N–H and O–H groups in total. The van der Waals surface area contributed by atoms with E-state index in [-0.39, 0.29) is 12.6 Å². The number of anilines is 2. The van der Waals surface area contributed by atoms with Crippen LogP contribution in [0.1, 0.15) is 34.2 Å². The van der Waals surface area contributed by atoms with Crippen molar-refractivity contribution in [2.45, 2.75) is 26.9 Å². The molecule has 4 aromatic rings. The van der Waals surface area contributed by atoms with Gasteiger partial charge in [-0.15, -0.1) is 11.3 Å². The van der Waals surface area contributed by atoms with Crippen molar-refractivity contribution in [3.05, 3.63) is 82.5 Å². The predicted molar refractivity (Wildman–Crippen MR) is 117 cm³/mol. The lowest BCUT2D eigenvalue weighted by Gasteiger charge is -2.13. The van der Waals surface area contributed by atoms with Gasteiger partial charge in [-0.05, 0) is 37.1 Å². The Hall–Kier alpha value is -3.25. The minimum Gasteiger partial charge on any atom is -0.456 e. The normalized spacial score (nSPS) is 10.8. The fraction of sp³-hybridized carbons (Fsp3) is 0.174. The Kier molecular flexibility index (Phi) is 5.53. The molecular formula is C23H21N3O2S. The molecule has 0 aliphatic heterocycles. The lowest BCUT2D eigenvalue weighted by atomic mass is 10.0. The summed E-state index contributed by atoms with van der Waals surface area (Å²) >= 11 is 1.48. The maximum atomic E-state index is 12.9. The van der Waals surface area contributed by atoms with E-state index in [2.05, 4.69) is 15.3 Å². The van der Waals surface area contributed by atoms with Gasteiger partial charge in [0.1, 0.15) is 6.61 Å². The number of ether oxygens (including phenoxy) is 1. The van der Waals surface area contributed by atoms with E-state index >= 15 is 0 Å². The first kappa shape index (κ1) is 19.1. The Morgan fingerprint density at radius 1 is 1.07 bits per heavy atom. The zero-order valence-corrected chi connectivity index (χ0v) is 17.1. The van der Waals surface area contributed by atoms with Crippen molar-refractivity contribution >= 4 is 39.0 Å². The van der Waals surface area contributed by atoms with E-state index < -0.39 is 0 Å². The summed E-state index contributed by atoms with van der Waals surface area (Å²) in [6.45, 7) is 4.10. The molecule has 0 aliphatic rings. The maximum Gasteiger partial charge on any atom is 0.339 e. The fourth-order valence-corrected chi connectivity index (χ4v) is 3.97. The van der Waals surface area contributed by atoms with Crippen LogP contribution in [0, 0.1) is 6.92 Å². The van der Waals surface area contributed by atoms with Crippen LogP contribution in [0.3, 0.4) is 0 Å². The second-order valence-corrected chi connectivity index (χ2v) is 7.50. The molecule has 0 bridgehead atoms. The predicted octanol–water partition coefficient (Wildman–Crippen LogP) is 5.66. The summed E-state index contributed by atoms with van der Waals surface area (Å²) < 4.78 is 5.62. The van der Waals surface area contributed by atoms with Crippen LogP contribution in [0.5, 0.6) is 0 Å². The van der Waals surface area contributed by atoms with Gasteiger partial charge in [-0.1, -0.05) is 43.3 Å². The molecule has 2 aromatic carbocycles. The van der Waals surface area contributed by atoms with Crippen molar-refractivity contribution in [2.75, 3.05) is 5.32 Å². The first-order chi connectivity index (χ1) is 14.2. The standard InChI is InChI=1S/C23H21N3O2S/c1-3-19-15(2)21(18-11-7-8-12-20(18)26-19)22(27)28-13-17-14-29-23(25-17)24-16-9-5-4-6-10-16/h4-12,14H,3,13H2,1-2H3,(H,24,25). The van der Waals surface area contributed by atoms with E-state index in [1.54, 1.807) is 0 Å². The number of aromatic nitrogens is 2. The van der Waals surface area contributed by atoms with Crippen LogP contribution in [0.15, 0.2) is 60.0 Å². The number of nitrogens with zero attached hydrogens (tertiary/aromatic N) is 2. The van der Waals surface area contributed by atoms with Crippen LogP contribution in [-0.4, -0.2) is 15.9 Å². The number of nitrogens with one attached hydrogen (secondary N) is 1. The molecule has 146 valence electrons. The summed E-state index contributed by atoms with van der Waals surface area (Å²) in [6, 6.07) is 17.5. The van der Waals surface area contributed by atoms with Crippen LogP contribution >= 0.6 is 11.3 Å². The monoisotopic (exact) mass is 403 g/mol. The number of fused-ring (bicyclic) bond motifs is 1. The van der Waals surface area contributed by atoms with Gasteiger partial charge in [0.2, 0.25) is 0 Å². The molecule has 0 saturated heterocycles. The Labute approximate surface area is 173 Å². The Morgan fingerprint density at radius 2 is 1.83 bits per heavy atom. The second-order valence-electron chi connectivity index (χ2n) is 6.64. The van der Waals surface area contributed by atoms with Crippen LogP contribution in [0.25, 0.3) is 10.9 Å². The molecule has 0 amide bonds. The molecule has 2 heterocycles. The number of benzene rings is 2. The Bertz CT molecular complexity index is 1160. The summed E-state index contributed by atoms with van der Waals surface area (Å²) in [5.74, 6) is -0.346. The SMILES string of the molecule is CCc1nc2ccccc2c(C(=O)OCc2csc(Nc3ccccc3)n2)c1C. The van der Waals surface area contributed by atoms with E-state index in [1.165, 1.54) is 11.3 Å². The number of para-hydroxylation sites is 2. The third-order valence-corrected chi connectivity index (χ3v) is 5.51. The highest BCUT2D eigenvalue weighted by molar-refractivity contribution is 7.13. The summed E-state index contributed by atoms with van der Waals surface area (Å²) in [7, 11) is 0. The first-order valence-electron chi connectivity index (χ1n) is 9.47. The van der Waals surface area contributed by atoms with Gasteiger partial charge in [-0.2, -0.15) is 0 Å². The molecule has 0 saturated carbocycles. The van der Waals surface area contributed by atoms with E-state index in [1.807, 2.05) is 73.8 Å². The van der Waals surface area contributed by atoms with Crippen LogP contribution in [0.4, 0.5) is 10.8 Å². The zero-order chi connectivity index (χ0) is 20.2. The number of aryl methyl sites for hydroxylation is 1. The third kappa shape index (κ3) is 4.12. The summed E-state index contributed by atoms with van der Waals surface area (Å²) in [4.78, 5) is 22.1. The van der Waals surface area contributed by atoms with Crippen molar-refractivity contribution in [1.82, 2.24) is 9.97 Å². The number of rotatable bonds is 6. The van der Waals surface area contributed by atoms with Crippen molar-refractivity contribution in [1.29, 1.82) is 0 Å². The van der Waals surface area contributed by atoms with Crippen LogP contribution in [0.2, 0.25) is 0 Å². The Morgan fingerprint density at radius 3 is 2.62 bits per heavy atom. The van der Waals surface area contributed by atoms with Gasteiger partial charge in [-0.25, -0.2) is 9.78 Å². The van der Waals surface area contributed by atoms with Crippen LogP contribution < -0.4 is 5.32 Å². The van der Waals surface area contributed by atoms with E-state index in [4.69, 9.17) is 4.74 Å². The number of pyridine rings is 1. The quantitative estimate of drug-likeness (QED) is 0.421. The average Bonchev–Trinajstić information content (AvgIpc) is 3.19. The maximum absolute atomic E-state index is 12.9. The van der Waals surface area contributed by atoms with Crippen molar-refractivity contribution in [3.8, 4) is 0 Å². The highest BCUT2D eigenvalue weighted by Gasteiger charge is 2.19. The number of carbonyl (C=O) groups is 1. The molecule has 2 aromatic heterocycles. The second kappa shape index (κ2) is 8.41. The molecule has 29 heavy (non-hydrogen) atoms. The fourth-order valence-electron chi connectivity index (χ4n) is 3.25. The molecule has 0 fully saturated rings. The number of esters is 1. The zero-order valence-electron chi connectivity index (χ0n) is 16.3. The van der Waals surface area contributed by atoms with E-state index in [9.17, 15) is 4.79 Å². The van der Waals surface area contributed by atoms with Gasteiger partial charge in [0.15, 0.2) is 5.13 Å². The van der Waals surface area contributed by atoms with E-state index in [0.717, 1.165) is 39.4 Å². The number of carbonyl (C=O) groups excluding carboxylic acids is 1. The summed E-state index contributed by atoms with van der Waals surface area (Å²) in [6.07, 6.45) is 0.761. The topological polar surface area (TPSA) is 64.1 Å². The number of hydrogen-bond donors (Lipinski definition) is 1. The van der Waals surface area contributed by atoms with Gasteiger partial charge in [0, 0.05) is 22.1 Å². The third-order valence-electron chi connectivity index (χ3n) is 4.70. The number of hydrogen-bond acceptors (Lipinski definition) is 6. The largest absolute Gasteiger partial charge is 0.456 e. The minimum absolute atomic E-state index is 0.128. The van der Waals surface area contributed by atoms with Gasteiger partial charge in [0.25, 0.3) is 0 Å². The van der Waals surface area contributed by atoms with Gasteiger partial charge in [-0.3, -0.25) is 4.98 Å². The van der Waals surface area contributed by atoms with Crippen LogP contribution in [-0.2, 0) is 17.8 Å². The smallest absolute Gasteiger partial charge is 0.339 e. The molecule has 5 nitrogen and oxygen atoms in total. The Balaban J connectivity index is 1.51. The molecule has 6 heteroatoms. The summed E-state index contributed by atoms with van der Waals surface area (Å²) in [5.41, 5.74) is 4.87. The van der Waals surface area contributed by atoms with Crippen molar-refractivity contribution in [3.63, 3.8) is 0 Å². The lowest BCUT2D eigenvalue weighted by molar-refractivity contribution is 0.0470. The van der Waals surface area contributed by atoms with Gasteiger partial charge >= 0.3 is 5.97 Å². The first-order valence-corrected chi connectivity index (χ1v) is 10.4. The highest BCUT2D eigenvalue weighted by Crippen LogP contribution is 2.25. The highest BCUT2D eigenvalue weighted by atomic mass is 32.1. The molecule has 0 radical (unpaired) electrons. The van der Waals surface area contributed by atoms with Crippen molar-refractivity contribution in [2.24, 2.45) is 0 Å². The molecule has 0 unspecified atom stereocenters.